The van der Waals surface area contributed by atoms with Gasteiger partial charge in [-0.2, -0.15) is 0 Å². The summed E-state index contributed by atoms with van der Waals surface area (Å²) in [6.45, 7) is 3.41. The van der Waals surface area contributed by atoms with E-state index < -0.39 is 11.9 Å². The molecular weight excluding hydrogens is 450 g/mol. The number of amides is 3. The lowest BCUT2D eigenvalue weighted by Crippen LogP contribution is -2.56. The minimum absolute atomic E-state index is 0.00434. The van der Waals surface area contributed by atoms with Gasteiger partial charge in [0.15, 0.2) is 5.13 Å². The minimum atomic E-state index is -0.731. The Bertz CT molecular complexity index is 1130. The summed E-state index contributed by atoms with van der Waals surface area (Å²) in [5.74, 6) is -0.544. The highest BCUT2D eigenvalue weighted by molar-refractivity contribution is 7.14. The summed E-state index contributed by atoms with van der Waals surface area (Å²) in [6, 6.07) is 18.5. The Kier molecular flexibility index (Phi) is 7.54. The minimum Gasteiger partial charge on any atom is -0.339 e. The Morgan fingerprint density at radius 1 is 0.941 bits per heavy atom. The first-order valence-corrected chi connectivity index (χ1v) is 12.0. The van der Waals surface area contributed by atoms with Crippen LogP contribution in [0.3, 0.4) is 0 Å². The molecule has 0 saturated carbocycles. The standard InChI is InChI=1S/C25H27N5O3S/c1-18(31)29-12-14-30(15-13-29)24(33)21(16-19-8-4-2-5-9-19)27-23(32)22-17-34-25(28-22)26-20-10-6-3-7-11-20/h2-11,17,21H,12-16H2,1H3,(H,26,28)(H,27,32)/t21-/m1/s1. The van der Waals surface area contributed by atoms with Crippen LogP contribution in [0.5, 0.6) is 0 Å². The Morgan fingerprint density at radius 3 is 2.21 bits per heavy atom. The van der Waals surface area contributed by atoms with Crippen LogP contribution in [0.25, 0.3) is 0 Å². The van der Waals surface area contributed by atoms with Gasteiger partial charge in [0.05, 0.1) is 0 Å². The molecule has 1 aromatic heterocycles. The summed E-state index contributed by atoms with van der Waals surface area (Å²) >= 11 is 1.33. The SMILES string of the molecule is CC(=O)N1CCN(C(=O)[C@@H](Cc2ccccc2)NC(=O)c2csc(Nc3ccccc3)n2)CC1. The second-order valence-electron chi connectivity index (χ2n) is 8.08. The van der Waals surface area contributed by atoms with Gasteiger partial charge < -0.3 is 20.4 Å². The van der Waals surface area contributed by atoms with E-state index in [-0.39, 0.29) is 17.5 Å². The van der Waals surface area contributed by atoms with Crippen molar-refractivity contribution >= 4 is 39.9 Å². The number of hydrogen-bond donors (Lipinski definition) is 2. The van der Waals surface area contributed by atoms with Crippen LogP contribution in [-0.2, 0) is 16.0 Å². The molecule has 176 valence electrons. The van der Waals surface area contributed by atoms with Crippen molar-refractivity contribution in [2.45, 2.75) is 19.4 Å². The Labute approximate surface area is 202 Å². The van der Waals surface area contributed by atoms with Crippen LogP contribution in [0.1, 0.15) is 23.0 Å². The molecule has 0 spiro atoms. The van der Waals surface area contributed by atoms with E-state index in [0.29, 0.717) is 37.7 Å². The van der Waals surface area contributed by atoms with E-state index in [2.05, 4.69) is 15.6 Å². The lowest BCUT2D eigenvalue weighted by Gasteiger charge is -2.36. The molecule has 9 heteroatoms. The van der Waals surface area contributed by atoms with Gasteiger partial charge in [0, 0.05) is 50.6 Å². The maximum Gasteiger partial charge on any atom is 0.271 e. The zero-order valence-corrected chi connectivity index (χ0v) is 19.8. The number of nitrogens with one attached hydrogen (secondary N) is 2. The zero-order chi connectivity index (χ0) is 23.9. The normalized spacial score (nSPS) is 14.4. The van der Waals surface area contributed by atoms with Crippen LogP contribution < -0.4 is 10.6 Å². The van der Waals surface area contributed by atoms with Gasteiger partial charge in [-0.25, -0.2) is 4.98 Å². The predicted molar refractivity (Wildman–Crippen MR) is 132 cm³/mol. The number of anilines is 2. The van der Waals surface area contributed by atoms with Crippen molar-refractivity contribution < 1.29 is 14.4 Å². The molecule has 2 heterocycles. The average molecular weight is 478 g/mol. The van der Waals surface area contributed by atoms with Crippen molar-refractivity contribution in [1.29, 1.82) is 0 Å². The number of nitrogens with zero attached hydrogens (tertiary/aromatic N) is 3. The summed E-state index contributed by atoms with van der Waals surface area (Å²) in [5.41, 5.74) is 2.09. The van der Waals surface area contributed by atoms with E-state index in [4.69, 9.17) is 0 Å². The fourth-order valence-electron chi connectivity index (χ4n) is 3.82. The molecule has 2 N–H and O–H groups in total. The Morgan fingerprint density at radius 2 is 1.56 bits per heavy atom. The fraction of sp³-hybridized carbons (Fsp3) is 0.280. The van der Waals surface area contributed by atoms with Gasteiger partial charge in [-0.05, 0) is 17.7 Å². The number of rotatable bonds is 7. The molecule has 3 amide bonds. The Balaban J connectivity index is 1.45. The van der Waals surface area contributed by atoms with Gasteiger partial charge in [0.25, 0.3) is 5.91 Å². The smallest absolute Gasteiger partial charge is 0.271 e. The molecule has 1 atom stereocenters. The van der Waals surface area contributed by atoms with Crippen molar-refractivity contribution in [3.8, 4) is 0 Å². The van der Waals surface area contributed by atoms with Gasteiger partial charge in [-0.1, -0.05) is 48.5 Å². The number of hydrogen-bond acceptors (Lipinski definition) is 6. The summed E-state index contributed by atoms with van der Waals surface area (Å²) in [4.78, 5) is 45.9. The molecule has 34 heavy (non-hydrogen) atoms. The third-order valence-electron chi connectivity index (χ3n) is 5.68. The van der Waals surface area contributed by atoms with E-state index >= 15 is 0 Å². The summed E-state index contributed by atoms with van der Waals surface area (Å²) < 4.78 is 0. The van der Waals surface area contributed by atoms with Gasteiger partial charge in [0.2, 0.25) is 11.8 Å². The van der Waals surface area contributed by atoms with E-state index in [1.54, 1.807) is 15.2 Å². The summed E-state index contributed by atoms with van der Waals surface area (Å²) in [5, 5.41) is 8.35. The van der Waals surface area contributed by atoms with Crippen molar-refractivity contribution in [3.05, 3.63) is 77.3 Å². The molecule has 1 aliphatic rings. The lowest BCUT2D eigenvalue weighted by atomic mass is 10.0. The van der Waals surface area contributed by atoms with Crippen LogP contribution >= 0.6 is 11.3 Å². The molecule has 0 aliphatic carbocycles. The molecule has 1 saturated heterocycles. The molecule has 8 nitrogen and oxygen atoms in total. The van der Waals surface area contributed by atoms with Crippen LogP contribution in [0.15, 0.2) is 66.0 Å². The van der Waals surface area contributed by atoms with Gasteiger partial charge in [-0.3, -0.25) is 14.4 Å². The zero-order valence-electron chi connectivity index (χ0n) is 18.9. The number of carbonyl (C=O) groups excluding carboxylic acids is 3. The molecule has 2 aromatic carbocycles. The number of thiazole rings is 1. The molecule has 0 bridgehead atoms. The molecule has 0 unspecified atom stereocenters. The molecule has 3 aromatic rings. The van der Waals surface area contributed by atoms with Crippen LogP contribution in [0.4, 0.5) is 10.8 Å². The number of piperazine rings is 1. The highest BCUT2D eigenvalue weighted by Gasteiger charge is 2.30. The number of para-hydroxylation sites is 1. The third-order valence-corrected chi connectivity index (χ3v) is 6.44. The molecule has 1 fully saturated rings. The first kappa shape index (κ1) is 23.4. The quantitative estimate of drug-likeness (QED) is 0.546. The second kappa shape index (κ2) is 10.9. The monoisotopic (exact) mass is 477 g/mol. The van der Waals surface area contributed by atoms with Crippen molar-refractivity contribution in [2.24, 2.45) is 0 Å². The maximum absolute atomic E-state index is 13.4. The van der Waals surface area contributed by atoms with Crippen LogP contribution in [0, 0.1) is 0 Å². The number of benzene rings is 2. The average Bonchev–Trinajstić information content (AvgIpc) is 3.33. The topological polar surface area (TPSA) is 94.6 Å². The third kappa shape index (κ3) is 5.99. The highest BCUT2D eigenvalue weighted by Crippen LogP contribution is 2.21. The lowest BCUT2D eigenvalue weighted by molar-refractivity contribution is -0.139. The molecular formula is C25H27N5O3S. The highest BCUT2D eigenvalue weighted by atomic mass is 32.1. The Hall–Kier alpha value is -3.72. The van der Waals surface area contributed by atoms with Crippen molar-refractivity contribution in [1.82, 2.24) is 20.1 Å². The fourth-order valence-corrected chi connectivity index (χ4v) is 4.54. The van der Waals surface area contributed by atoms with Gasteiger partial charge in [0.1, 0.15) is 11.7 Å². The largest absolute Gasteiger partial charge is 0.339 e. The maximum atomic E-state index is 13.4. The predicted octanol–water partition coefficient (Wildman–Crippen LogP) is 2.92. The van der Waals surface area contributed by atoms with E-state index in [9.17, 15) is 14.4 Å². The number of aromatic nitrogens is 1. The first-order valence-electron chi connectivity index (χ1n) is 11.2. The van der Waals surface area contributed by atoms with E-state index in [1.807, 2.05) is 60.7 Å². The second-order valence-corrected chi connectivity index (χ2v) is 8.93. The number of carbonyl (C=O) groups is 3. The molecule has 4 rings (SSSR count). The van der Waals surface area contributed by atoms with Crippen LogP contribution in [0.2, 0.25) is 0 Å². The molecule has 1 aliphatic heterocycles. The molecule has 0 radical (unpaired) electrons. The van der Waals surface area contributed by atoms with E-state index in [0.717, 1.165) is 11.3 Å². The van der Waals surface area contributed by atoms with E-state index in [1.165, 1.54) is 18.3 Å². The first-order chi connectivity index (χ1) is 16.5. The van der Waals surface area contributed by atoms with Gasteiger partial charge >= 0.3 is 0 Å². The van der Waals surface area contributed by atoms with Crippen LogP contribution in [-0.4, -0.2) is 64.7 Å². The summed E-state index contributed by atoms with van der Waals surface area (Å²) in [6.07, 6.45) is 0.373. The van der Waals surface area contributed by atoms with Crippen molar-refractivity contribution in [3.63, 3.8) is 0 Å². The summed E-state index contributed by atoms with van der Waals surface area (Å²) in [7, 11) is 0. The van der Waals surface area contributed by atoms with Crippen molar-refractivity contribution in [2.75, 3.05) is 31.5 Å². The van der Waals surface area contributed by atoms with Gasteiger partial charge in [-0.15, -0.1) is 11.3 Å².